The van der Waals surface area contributed by atoms with Crippen LogP contribution in [0.5, 0.6) is 0 Å². The molecule has 0 bridgehead atoms. The first-order valence-corrected chi connectivity index (χ1v) is 9.45. The molecule has 0 N–H and O–H groups in total. The Labute approximate surface area is 153 Å². The first-order valence-electron chi connectivity index (χ1n) is 9.45. The largest absolute Gasteiger partial charge is 0.351 e. The third-order valence-electron chi connectivity index (χ3n) is 5.93. The van der Waals surface area contributed by atoms with Crippen molar-refractivity contribution in [3.8, 4) is 0 Å². The molecule has 4 heterocycles. The lowest BCUT2D eigenvalue weighted by Gasteiger charge is -2.34. The van der Waals surface area contributed by atoms with Gasteiger partial charge in [0.05, 0.1) is 25.1 Å². The van der Waals surface area contributed by atoms with Crippen LogP contribution < -0.4 is 0 Å². The van der Waals surface area contributed by atoms with E-state index < -0.39 is 5.72 Å². The second kappa shape index (κ2) is 6.01. The first kappa shape index (κ1) is 17.4. The van der Waals surface area contributed by atoms with E-state index >= 15 is 0 Å². The Kier molecular flexibility index (Phi) is 4.02. The van der Waals surface area contributed by atoms with E-state index in [0.717, 1.165) is 0 Å². The van der Waals surface area contributed by atoms with Crippen LogP contribution in [-0.2, 0) is 9.53 Å². The molecule has 3 saturated heterocycles. The summed E-state index contributed by atoms with van der Waals surface area (Å²) in [5.41, 5.74) is -0.250. The van der Waals surface area contributed by atoms with E-state index in [-0.39, 0.29) is 29.8 Å². The zero-order valence-corrected chi connectivity index (χ0v) is 15.8. The van der Waals surface area contributed by atoms with Crippen molar-refractivity contribution in [3.63, 3.8) is 0 Å². The van der Waals surface area contributed by atoms with E-state index in [1.807, 2.05) is 18.7 Å². The molecule has 7 nitrogen and oxygen atoms in total. The predicted octanol–water partition coefficient (Wildman–Crippen LogP) is 1.80. The molecule has 7 heteroatoms. The summed E-state index contributed by atoms with van der Waals surface area (Å²) >= 11 is 0. The molecule has 3 fully saturated rings. The van der Waals surface area contributed by atoms with Gasteiger partial charge in [0.15, 0.2) is 5.72 Å². The Bertz CT molecular complexity index is 750. The number of likely N-dealkylation sites (tertiary alicyclic amines) is 1. The molecular formula is C19H26N4O3. The van der Waals surface area contributed by atoms with Crippen LogP contribution in [0, 0.1) is 5.92 Å². The fourth-order valence-corrected chi connectivity index (χ4v) is 4.53. The highest BCUT2D eigenvalue weighted by molar-refractivity contribution is 5.94. The topological polar surface area (TPSA) is 75.6 Å². The van der Waals surface area contributed by atoms with E-state index in [1.54, 1.807) is 17.2 Å². The Morgan fingerprint density at radius 3 is 2.81 bits per heavy atom. The Morgan fingerprint density at radius 1 is 1.35 bits per heavy atom. The summed E-state index contributed by atoms with van der Waals surface area (Å²) in [4.78, 5) is 38.2. The number of amides is 2. The van der Waals surface area contributed by atoms with E-state index in [4.69, 9.17) is 4.74 Å². The molecule has 26 heavy (non-hydrogen) atoms. The molecule has 3 aliphatic heterocycles. The van der Waals surface area contributed by atoms with Crippen molar-refractivity contribution >= 4 is 11.8 Å². The zero-order chi connectivity index (χ0) is 18.6. The lowest BCUT2D eigenvalue weighted by Crippen LogP contribution is -2.51. The van der Waals surface area contributed by atoms with E-state index in [9.17, 15) is 9.59 Å². The van der Waals surface area contributed by atoms with Crippen molar-refractivity contribution in [1.82, 2.24) is 19.8 Å². The first-order chi connectivity index (χ1) is 12.3. The van der Waals surface area contributed by atoms with Gasteiger partial charge in [0.25, 0.3) is 5.91 Å². The van der Waals surface area contributed by atoms with Gasteiger partial charge in [-0.25, -0.2) is 9.97 Å². The average Bonchev–Trinajstić information content (AvgIpc) is 3.23. The van der Waals surface area contributed by atoms with Crippen LogP contribution in [0.2, 0.25) is 0 Å². The van der Waals surface area contributed by atoms with Crippen molar-refractivity contribution in [1.29, 1.82) is 0 Å². The van der Waals surface area contributed by atoms with Gasteiger partial charge >= 0.3 is 0 Å². The SMILES string of the molecule is CC(C)c1nccc(C(=O)N2CC[C@@]34OC[C@@H](C(C)C)N3C(=O)C[C@@H]24)n1. The number of nitrogens with zero attached hydrogens (tertiary/aromatic N) is 4. The van der Waals surface area contributed by atoms with Gasteiger partial charge in [-0.2, -0.15) is 0 Å². The number of hydrogen-bond acceptors (Lipinski definition) is 5. The van der Waals surface area contributed by atoms with Crippen molar-refractivity contribution in [3.05, 3.63) is 23.8 Å². The number of carbonyl (C=O) groups excluding carboxylic acids is 2. The maximum absolute atomic E-state index is 13.1. The third-order valence-corrected chi connectivity index (χ3v) is 5.93. The highest BCUT2D eigenvalue weighted by atomic mass is 16.5. The lowest BCUT2D eigenvalue weighted by molar-refractivity contribution is -0.139. The summed E-state index contributed by atoms with van der Waals surface area (Å²) in [6, 6.07) is 1.51. The van der Waals surface area contributed by atoms with Crippen molar-refractivity contribution in [2.24, 2.45) is 5.92 Å². The van der Waals surface area contributed by atoms with Crippen LogP contribution in [0.1, 0.15) is 62.8 Å². The van der Waals surface area contributed by atoms with Gasteiger partial charge in [0, 0.05) is 25.1 Å². The van der Waals surface area contributed by atoms with E-state index in [1.165, 1.54) is 0 Å². The maximum Gasteiger partial charge on any atom is 0.273 e. The molecule has 3 aliphatic rings. The summed E-state index contributed by atoms with van der Waals surface area (Å²) in [7, 11) is 0. The second-order valence-electron chi connectivity index (χ2n) is 8.15. The van der Waals surface area contributed by atoms with Crippen LogP contribution in [0.4, 0.5) is 0 Å². The molecule has 0 aliphatic carbocycles. The fourth-order valence-electron chi connectivity index (χ4n) is 4.53. The number of ether oxygens (including phenoxy) is 1. The summed E-state index contributed by atoms with van der Waals surface area (Å²) in [6.07, 6.45) is 2.63. The minimum atomic E-state index is -0.643. The molecule has 140 valence electrons. The van der Waals surface area contributed by atoms with Gasteiger partial charge in [0.1, 0.15) is 11.5 Å². The van der Waals surface area contributed by atoms with E-state index in [0.29, 0.717) is 43.4 Å². The van der Waals surface area contributed by atoms with Crippen LogP contribution in [0.15, 0.2) is 12.3 Å². The minimum Gasteiger partial charge on any atom is -0.351 e. The minimum absolute atomic E-state index is 0.0918. The predicted molar refractivity (Wildman–Crippen MR) is 94.3 cm³/mol. The van der Waals surface area contributed by atoms with Crippen LogP contribution in [0.3, 0.4) is 0 Å². The summed E-state index contributed by atoms with van der Waals surface area (Å²) in [5.74, 6) is 1.10. The number of aromatic nitrogens is 2. The smallest absolute Gasteiger partial charge is 0.273 e. The average molecular weight is 358 g/mol. The molecule has 0 radical (unpaired) electrons. The Morgan fingerprint density at radius 2 is 2.12 bits per heavy atom. The second-order valence-corrected chi connectivity index (χ2v) is 8.15. The number of rotatable bonds is 3. The normalized spacial score (nSPS) is 30.5. The summed E-state index contributed by atoms with van der Waals surface area (Å²) in [5, 5.41) is 0. The van der Waals surface area contributed by atoms with Gasteiger partial charge in [-0.15, -0.1) is 0 Å². The Balaban J connectivity index is 1.62. The summed E-state index contributed by atoms with van der Waals surface area (Å²) < 4.78 is 6.19. The molecule has 4 rings (SSSR count). The summed E-state index contributed by atoms with van der Waals surface area (Å²) in [6.45, 7) is 9.35. The van der Waals surface area contributed by atoms with Crippen molar-refractivity contribution in [2.45, 2.75) is 64.3 Å². The fraction of sp³-hybridized carbons (Fsp3) is 0.684. The lowest BCUT2D eigenvalue weighted by atomic mass is 10.0. The Hall–Kier alpha value is -2.02. The molecule has 0 unspecified atom stereocenters. The highest BCUT2D eigenvalue weighted by Crippen LogP contribution is 2.49. The maximum atomic E-state index is 13.1. The van der Waals surface area contributed by atoms with Crippen LogP contribution in [-0.4, -0.2) is 62.5 Å². The molecule has 1 spiro atoms. The molecule has 2 amide bonds. The van der Waals surface area contributed by atoms with Gasteiger partial charge in [-0.1, -0.05) is 27.7 Å². The quantitative estimate of drug-likeness (QED) is 0.823. The van der Waals surface area contributed by atoms with Gasteiger partial charge in [-0.3, -0.25) is 9.59 Å². The molecule has 0 saturated carbocycles. The molecule has 1 aromatic heterocycles. The number of hydrogen-bond donors (Lipinski definition) is 0. The van der Waals surface area contributed by atoms with Crippen LogP contribution >= 0.6 is 0 Å². The van der Waals surface area contributed by atoms with Gasteiger partial charge in [0.2, 0.25) is 5.91 Å². The third kappa shape index (κ3) is 2.36. The molecule has 1 aromatic rings. The van der Waals surface area contributed by atoms with Crippen LogP contribution in [0.25, 0.3) is 0 Å². The standard InChI is InChI=1S/C19H26N4O3/c1-11(2)14-10-26-19-6-8-22(15(19)9-16(24)23(14)19)18(25)13-5-7-20-17(21-13)12(3)4/h5,7,11-12,14-15H,6,8-10H2,1-4H3/t14-,15+,19-/m0/s1. The highest BCUT2D eigenvalue weighted by Gasteiger charge is 2.65. The molecular weight excluding hydrogens is 332 g/mol. The molecule has 3 atom stereocenters. The van der Waals surface area contributed by atoms with Crippen molar-refractivity contribution in [2.75, 3.05) is 13.2 Å². The monoisotopic (exact) mass is 358 g/mol. The van der Waals surface area contributed by atoms with Gasteiger partial charge in [-0.05, 0) is 12.0 Å². The van der Waals surface area contributed by atoms with Gasteiger partial charge < -0.3 is 14.5 Å². The number of carbonyl (C=O) groups is 2. The zero-order valence-electron chi connectivity index (χ0n) is 15.8. The van der Waals surface area contributed by atoms with Crippen molar-refractivity contribution < 1.29 is 14.3 Å². The molecule has 0 aromatic carbocycles. The van der Waals surface area contributed by atoms with E-state index in [2.05, 4.69) is 23.8 Å².